The molecular weight excluding hydrogens is 347 g/mol. The van der Waals surface area contributed by atoms with Crippen molar-refractivity contribution in [2.75, 3.05) is 12.8 Å². The third-order valence-corrected chi connectivity index (χ3v) is 4.63. The van der Waals surface area contributed by atoms with E-state index in [1.54, 1.807) is 17.8 Å². The van der Waals surface area contributed by atoms with Crippen molar-refractivity contribution in [1.29, 1.82) is 0 Å². The number of aryl methyl sites for hydroxylation is 1. The predicted molar refractivity (Wildman–Crippen MR) is 98.1 cm³/mol. The molecule has 0 unspecified atom stereocenters. The van der Waals surface area contributed by atoms with E-state index in [0.717, 1.165) is 42.5 Å². The van der Waals surface area contributed by atoms with E-state index in [1.165, 1.54) is 12.1 Å². The molecule has 2 aromatic rings. The maximum Gasteiger partial charge on any atom is 0.190 e. The highest BCUT2D eigenvalue weighted by Gasteiger charge is 2.12. The maximum absolute atomic E-state index is 13.0. The Hall–Kier alpha value is -1.11. The molecule has 0 bridgehead atoms. The first-order chi connectivity index (χ1) is 11.5. The van der Waals surface area contributed by atoms with Crippen LogP contribution in [0.1, 0.15) is 31.7 Å². The number of halogens is 2. The fraction of sp³-hybridized carbons (Fsp3) is 0.529. The summed E-state index contributed by atoms with van der Waals surface area (Å²) in [6.45, 7) is 6.81. The van der Waals surface area contributed by atoms with Crippen LogP contribution in [0.3, 0.4) is 0 Å². The monoisotopic (exact) mass is 370 g/mol. The molecule has 1 aromatic heterocycles. The van der Waals surface area contributed by atoms with Gasteiger partial charge in [0.2, 0.25) is 0 Å². The van der Waals surface area contributed by atoms with Crippen LogP contribution in [-0.2, 0) is 19.5 Å². The van der Waals surface area contributed by atoms with E-state index in [0.29, 0.717) is 17.5 Å². The first-order valence-corrected chi connectivity index (χ1v) is 9.72. The Kier molecular flexibility index (Phi) is 7.52. The van der Waals surface area contributed by atoms with Crippen molar-refractivity contribution in [3.8, 4) is 0 Å². The summed E-state index contributed by atoms with van der Waals surface area (Å²) in [5.41, 5.74) is 0.908. The summed E-state index contributed by atoms with van der Waals surface area (Å²) in [5.74, 6) is 1.29. The Balaban J connectivity index is 1.81. The van der Waals surface area contributed by atoms with Gasteiger partial charge in [0.25, 0.3) is 0 Å². The molecular formula is C17H24ClFN4S. The van der Waals surface area contributed by atoms with Gasteiger partial charge in [-0.15, -0.1) is 10.2 Å². The molecule has 0 aliphatic heterocycles. The van der Waals surface area contributed by atoms with Gasteiger partial charge in [-0.2, -0.15) is 0 Å². The van der Waals surface area contributed by atoms with Gasteiger partial charge in [-0.1, -0.05) is 43.3 Å². The fourth-order valence-corrected chi connectivity index (χ4v) is 3.22. The molecule has 0 saturated heterocycles. The maximum atomic E-state index is 13.0. The molecule has 0 spiro atoms. The van der Waals surface area contributed by atoms with E-state index < -0.39 is 0 Å². The van der Waals surface area contributed by atoms with Crippen molar-refractivity contribution < 1.29 is 4.39 Å². The lowest BCUT2D eigenvalue weighted by Gasteiger charge is -2.12. The van der Waals surface area contributed by atoms with Gasteiger partial charge in [-0.05, 0) is 42.8 Å². The first-order valence-electron chi connectivity index (χ1n) is 8.12. The average molecular weight is 371 g/mol. The van der Waals surface area contributed by atoms with Crippen LogP contribution in [0.15, 0.2) is 23.4 Å². The smallest absolute Gasteiger partial charge is 0.190 e. The summed E-state index contributed by atoms with van der Waals surface area (Å²) in [6, 6.07) is 4.49. The second kappa shape index (κ2) is 9.39. The zero-order valence-corrected chi connectivity index (χ0v) is 15.9. The molecule has 24 heavy (non-hydrogen) atoms. The summed E-state index contributed by atoms with van der Waals surface area (Å²) in [6.07, 6.45) is 3.87. The predicted octanol–water partition coefficient (Wildman–Crippen LogP) is 4.17. The summed E-state index contributed by atoms with van der Waals surface area (Å²) >= 11 is 7.65. The minimum Gasteiger partial charge on any atom is -0.313 e. The van der Waals surface area contributed by atoms with E-state index in [1.807, 2.05) is 6.26 Å². The molecule has 0 aliphatic rings. The molecule has 1 N–H and O–H groups in total. The highest BCUT2D eigenvalue weighted by Crippen LogP contribution is 2.18. The van der Waals surface area contributed by atoms with Crippen LogP contribution in [0.5, 0.6) is 0 Å². The fourth-order valence-electron chi connectivity index (χ4n) is 2.46. The molecule has 0 atom stereocenters. The van der Waals surface area contributed by atoms with E-state index in [4.69, 9.17) is 11.6 Å². The van der Waals surface area contributed by atoms with Crippen LogP contribution >= 0.6 is 23.4 Å². The summed E-state index contributed by atoms with van der Waals surface area (Å²) in [5, 5.41) is 13.4. The number of hydrogen-bond acceptors (Lipinski definition) is 4. The average Bonchev–Trinajstić information content (AvgIpc) is 2.90. The van der Waals surface area contributed by atoms with Gasteiger partial charge >= 0.3 is 0 Å². The van der Waals surface area contributed by atoms with Gasteiger partial charge < -0.3 is 9.88 Å². The van der Waals surface area contributed by atoms with Crippen LogP contribution in [0.4, 0.5) is 4.39 Å². The molecule has 0 amide bonds. The van der Waals surface area contributed by atoms with Crippen LogP contribution in [0, 0.1) is 11.7 Å². The molecule has 0 aliphatic carbocycles. The highest BCUT2D eigenvalue weighted by molar-refractivity contribution is 7.98. The Morgan fingerprint density at radius 3 is 2.79 bits per heavy atom. The minimum atomic E-state index is -0.308. The Morgan fingerprint density at radius 1 is 1.33 bits per heavy atom. The second-order valence-corrected chi connectivity index (χ2v) is 7.30. The highest BCUT2D eigenvalue weighted by atomic mass is 35.5. The van der Waals surface area contributed by atoms with Gasteiger partial charge in [0.05, 0.1) is 0 Å². The number of nitrogens with one attached hydrogen (secondary N) is 1. The van der Waals surface area contributed by atoms with Crippen molar-refractivity contribution in [2.45, 2.75) is 44.9 Å². The third-order valence-electron chi connectivity index (χ3n) is 3.61. The first kappa shape index (κ1) is 19.2. The molecule has 2 rings (SSSR count). The number of thioether (sulfide) groups is 1. The van der Waals surface area contributed by atoms with Crippen molar-refractivity contribution >= 4 is 23.4 Å². The quantitative estimate of drug-likeness (QED) is 0.531. The molecule has 1 heterocycles. The number of nitrogens with zero attached hydrogens (tertiary/aromatic N) is 3. The van der Waals surface area contributed by atoms with Gasteiger partial charge in [-0.3, -0.25) is 0 Å². The SMILES string of the molecule is CSc1nnc(CCCNCc2ccc(F)cc2Cl)n1CC(C)C. The lowest BCUT2D eigenvalue weighted by Crippen LogP contribution is -2.17. The number of benzene rings is 1. The Morgan fingerprint density at radius 2 is 2.12 bits per heavy atom. The second-order valence-electron chi connectivity index (χ2n) is 6.12. The van der Waals surface area contributed by atoms with Crippen LogP contribution in [0.2, 0.25) is 5.02 Å². The van der Waals surface area contributed by atoms with Gasteiger partial charge in [0.15, 0.2) is 5.16 Å². The minimum absolute atomic E-state index is 0.308. The van der Waals surface area contributed by atoms with Crippen molar-refractivity contribution in [3.05, 3.63) is 40.4 Å². The van der Waals surface area contributed by atoms with Crippen LogP contribution in [-0.4, -0.2) is 27.6 Å². The molecule has 0 radical (unpaired) electrons. The zero-order chi connectivity index (χ0) is 17.5. The summed E-state index contributed by atoms with van der Waals surface area (Å²) in [7, 11) is 0. The number of hydrogen-bond donors (Lipinski definition) is 1. The normalized spacial score (nSPS) is 11.4. The largest absolute Gasteiger partial charge is 0.313 e. The Labute approximate surface area is 152 Å². The van der Waals surface area contributed by atoms with Gasteiger partial charge in [0, 0.05) is 24.5 Å². The van der Waals surface area contributed by atoms with Crippen molar-refractivity contribution in [2.24, 2.45) is 5.92 Å². The van der Waals surface area contributed by atoms with Crippen LogP contribution in [0.25, 0.3) is 0 Å². The van der Waals surface area contributed by atoms with Gasteiger partial charge in [-0.25, -0.2) is 4.39 Å². The van der Waals surface area contributed by atoms with E-state index in [2.05, 4.69) is 33.9 Å². The third kappa shape index (κ3) is 5.46. The van der Waals surface area contributed by atoms with Gasteiger partial charge in [0.1, 0.15) is 11.6 Å². The summed E-state index contributed by atoms with van der Waals surface area (Å²) in [4.78, 5) is 0. The van der Waals surface area contributed by atoms with Crippen LogP contribution < -0.4 is 5.32 Å². The molecule has 132 valence electrons. The van der Waals surface area contributed by atoms with Crippen molar-refractivity contribution in [1.82, 2.24) is 20.1 Å². The lowest BCUT2D eigenvalue weighted by molar-refractivity contribution is 0.475. The van der Waals surface area contributed by atoms with E-state index >= 15 is 0 Å². The standard InChI is InChI=1S/C17H24ClFN4S/c1-12(2)11-23-16(21-22-17(23)24-3)5-4-8-20-10-13-6-7-14(19)9-15(13)18/h6-7,9,12,20H,4-5,8,10-11H2,1-3H3. The van der Waals surface area contributed by atoms with Crippen molar-refractivity contribution in [3.63, 3.8) is 0 Å². The molecule has 7 heteroatoms. The lowest BCUT2D eigenvalue weighted by atomic mass is 10.2. The number of aromatic nitrogens is 3. The number of rotatable bonds is 9. The molecule has 4 nitrogen and oxygen atoms in total. The van der Waals surface area contributed by atoms with E-state index in [9.17, 15) is 4.39 Å². The zero-order valence-electron chi connectivity index (χ0n) is 14.4. The van der Waals surface area contributed by atoms with E-state index in [-0.39, 0.29) is 5.82 Å². The molecule has 1 aromatic carbocycles. The summed E-state index contributed by atoms with van der Waals surface area (Å²) < 4.78 is 15.2. The Bertz CT molecular complexity index is 660. The topological polar surface area (TPSA) is 42.7 Å². The molecule has 0 fully saturated rings. The molecule has 0 saturated carbocycles.